The highest BCUT2D eigenvalue weighted by Gasteiger charge is 2.41. The van der Waals surface area contributed by atoms with E-state index < -0.39 is 6.10 Å². The van der Waals surface area contributed by atoms with E-state index in [-0.39, 0.29) is 17.8 Å². The van der Waals surface area contributed by atoms with Crippen molar-refractivity contribution in [2.75, 3.05) is 0 Å². The third-order valence-electron chi connectivity index (χ3n) is 3.00. The Balaban J connectivity index is 1.72. The average molecular weight is 211 g/mol. The molecule has 0 unspecified atom stereocenters. The van der Waals surface area contributed by atoms with E-state index in [1.165, 1.54) is 0 Å². The van der Waals surface area contributed by atoms with Gasteiger partial charge in [-0.15, -0.1) is 0 Å². The fraction of sp³-hybridized carbons (Fsp3) is 0.818. The summed E-state index contributed by atoms with van der Waals surface area (Å²) in [5.41, 5.74) is 0. The molecule has 2 saturated carbocycles. The van der Waals surface area contributed by atoms with Gasteiger partial charge in [0.25, 0.3) is 5.91 Å². The van der Waals surface area contributed by atoms with Crippen LogP contribution < -0.4 is 5.32 Å². The molecule has 2 fully saturated rings. The third kappa shape index (κ3) is 2.70. The third-order valence-corrected chi connectivity index (χ3v) is 3.00. The topological polar surface area (TPSA) is 55.4 Å². The molecule has 0 aliphatic heterocycles. The van der Waals surface area contributed by atoms with Crippen LogP contribution in [0.25, 0.3) is 0 Å². The van der Waals surface area contributed by atoms with Gasteiger partial charge in [-0.3, -0.25) is 9.59 Å². The summed E-state index contributed by atoms with van der Waals surface area (Å²) in [5, 5.41) is 2.81. The first kappa shape index (κ1) is 10.5. The van der Waals surface area contributed by atoms with Crippen LogP contribution in [0, 0.1) is 11.8 Å². The second-order valence-corrected chi connectivity index (χ2v) is 4.68. The van der Waals surface area contributed by atoms with Crippen molar-refractivity contribution in [3.05, 3.63) is 0 Å². The van der Waals surface area contributed by atoms with Gasteiger partial charge >= 0.3 is 5.97 Å². The molecule has 2 aliphatic carbocycles. The molecule has 1 amide bonds. The lowest BCUT2D eigenvalue weighted by Gasteiger charge is -2.12. The highest BCUT2D eigenvalue weighted by atomic mass is 16.5. The Kier molecular flexibility index (Phi) is 2.67. The van der Waals surface area contributed by atoms with Crippen molar-refractivity contribution in [3.63, 3.8) is 0 Å². The number of carbonyl (C=O) groups excluding carboxylic acids is 2. The Morgan fingerprint density at radius 3 is 2.47 bits per heavy atom. The Morgan fingerprint density at radius 2 is 2.00 bits per heavy atom. The molecule has 0 aromatic carbocycles. The SMILES string of the molecule is C[C@H](OC(=O)[C@@H]1C[C@@H]1C)C(=O)NC1CC1. The predicted molar refractivity (Wildman–Crippen MR) is 54.0 cm³/mol. The van der Waals surface area contributed by atoms with Crippen LogP contribution in [0.15, 0.2) is 0 Å². The number of hydrogen-bond donors (Lipinski definition) is 1. The molecule has 0 radical (unpaired) electrons. The zero-order chi connectivity index (χ0) is 11.0. The molecule has 1 N–H and O–H groups in total. The van der Waals surface area contributed by atoms with E-state index >= 15 is 0 Å². The highest BCUT2D eigenvalue weighted by Crippen LogP contribution is 2.38. The standard InChI is InChI=1S/C11H17NO3/c1-6-5-9(6)11(14)15-7(2)10(13)12-8-3-4-8/h6-9H,3-5H2,1-2H3,(H,12,13)/t6-,7-,9+/m0/s1. The smallest absolute Gasteiger partial charge is 0.309 e. The van der Waals surface area contributed by atoms with Crippen molar-refractivity contribution in [3.8, 4) is 0 Å². The minimum atomic E-state index is -0.647. The Hall–Kier alpha value is -1.06. The molecule has 4 heteroatoms. The minimum absolute atomic E-state index is 0.0289. The second-order valence-electron chi connectivity index (χ2n) is 4.68. The maximum atomic E-state index is 11.5. The fourth-order valence-electron chi connectivity index (χ4n) is 1.51. The Bertz CT molecular complexity index is 286. The largest absolute Gasteiger partial charge is 0.452 e. The van der Waals surface area contributed by atoms with Crippen molar-refractivity contribution < 1.29 is 14.3 Å². The first-order valence-corrected chi connectivity index (χ1v) is 5.59. The molecule has 0 heterocycles. The van der Waals surface area contributed by atoms with Gasteiger partial charge in [0.1, 0.15) is 0 Å². The predicted octanol–water partition coefficient (Wildman–Crippen LogP) is 0.853. The molecule has 84 valence electrons. The first-order chi connectivity index (χ1) is 7.08. The van der Waals surface area contributed by atoms with Gasteiger partial charge in [-0.2, -0.15) is 0 Å². The minimum Gasteiger partial charge on any atom is -0.452 e. The summed E-state index contributed by atoms with van der Waals surface area (Å²) in [6, 6.07) is 0.318. The molecule has 0 aromatic heterocycles. The molecule has 0 spiro atoms. The zero-order valence-electron chi connectivity index (χ0n) is 9.16. The quantitative estimate of drug-likeness (QED) is 0.701. The normalized spacial score (nSPS) is 30.5. The van der Waals surface area contributed by atoms with Crippen LogP contribution in [-0.4, -0.2) is 24.0 Å². The summed E-state index contributed by atoms with van der Waals surface area (Å²) in [7, 11) is 0. The lowest BCUT2D eigenvalue weighted by Crippen LogP contribution is -2.37. The van der Waals surface area contributed by atoms with Crippen molar-refractivity contribution in [1.82, 2.24) is 5.32 Å². The maximum absolute atomic E-state index is 11.5. The van der Waals surface area contributed by atoms with Crippen molar-refractivity contribution in [1.29, 1.82) is 0 Å². The molecule has 4 nitrogen and oxygen atoms in total. The number of esters is 1. The van der Waals surface area contributed by atoms with E-state index in [1.54, 1.807) is 6.92 Å². The van der Waals surface area contributed by atoms with Gasteiger partial charge < -0.3 is 10.1 Å². The van der Waals surface area contributed by atoms with E-state index in [1.807, 2.05) is 6.92 Å². The number of nitrogens with one attached hydrogen (secondary N) is 1. The average Bonchev–Trinajstić information content (AvgIpc) is 3.03. The molecule has 2 rings (SSSR count). The van der Waals surface area contributed by atoms with Crippen LogP contribution in [0.5, 0.6) is 0 Å². The lowest BCUT2D eigenvalue weighted by molar-refractivity contribution is -0.156. The van der Waals surface area contributed by atoms with Crippen LogP contribution in [0.4, 0.5) is 0 Å². The van der Waals surface area contributed by atoms with E-state index in [0.717, 1.165) is 19.3 Å². The molecule has 0 saturated heterocycles. The fourth-order valence-corrected chi connectivity index (χ4v) is 1.51. The summed E-state index contributed by atoms with van der Waals surface area (Å²) in [6.45, 7) is 3.64. The number of rotatable bonds is 4. The molecular weight excluding hydrogens is 194 g/mol. The van der Waals surface area contributed by atoms with E-state index in [0.29, 0.717) is 12.0 Å². The van der Waals surface area contributed by atoms with Gasteiger partial charge in [-0.25, -0.2) is 0 Å². The summed E-state index contributed by atoms with van der Waals surface area (Å²) in [6.07, 6.45) is 2.35. The van der Waals surface area contributed by atoms with Crippen molar-refractivity contribution in [2.24, 2.45) is 11.8 Å². The summed E-state index contributed by atoms with van der Waals surface area (Å²) in [4.78, 5) is 22.9. The van der Waals surface area contributed by atoms with Crippen LogP contribution in [0.3, 0.4) is 0 Å². The van der Waals surface area contributed by atoms with Gasteiger partial charge in [0.2, 0.25) is 0 Å². The first-order valence-electron chi connectivity index (χ1n) is 5.59. The maximum Gasteiger partial charge on any atom is 0.309 e. The van der Waals surface area contributed by atoms with Crippen LogP contribution in [0.1, 0.15) is 33.1 Å². The Labute approximate surface area is 89.4 Å². The van der Waals surface area contributed by atoms with Crippen LogP contribution in [0.2, 0.25) is 0 Å². The molecule has 15 heavy (non-hydrogen) atoms. The zero-order valence-corrected chi connectivity index (χ0v) is 9.16. The number of ether oxygens (including phenoxy) is 1. The Morgan fingerprint density at radius 1 is 1.40 bits per heavy atom. The highest BCUT2D eigenvalue weighted by molar-refractivity contribution is 5.85. The van der Waals surface area contributed by atoms with Gasteiger partial charge in [0.05, 0.1) is 5.92 Å². The molecule has 0 aromatic rings. The van der Waals surface area contributed by atoms with Crippen molar-refractivity contribution >= 4 is 11.9 Å². The van der Waals surface area contributed by atoms with E-state index in [4.69, 9.17) is 4.74 Å². The second kappa shape index (κ2) is 3.83. The summed E-state index contributed by atoms with van der Waals surface area (Å²) >= 11 is 0. The molecule has 2 aliphatic rings. The number of hydrogen-bond acceptors (Lipinski definition) is 3. The number of carbonyl (C=O) groups is 2. The monoisotopic (exact) mass is 211 g/mol. The molecule has 3 atom stereocenters. The van der Waals surface area contributed by atoms with Crippen molar-refractivity contribution in [2.45, 2.75) is 45.3 Å². The van der Waals surface area contributed by atoms with Gasteiger partial charge in [-0.1, -0.05) is 6.92 Å². The van der Waals surface area contributed by atoms with E-state index in [2.05, 4.69) is 5.32 Å². The lowest BCUT2D eigenvalue weighted by atomic mass is 10.3. The summed E-state index contributed by atoms with van der Waals surface area (Å²) < 4.78 is 5.08. The van der Waals surface area contributed by atoms with Crippen LogP contribution >= 0.6 is 0 Å². The van der Waals surface area contributed by atoms with Crippen LogP contribution in [-0.2, 0) is 14.3 Å². The molecular formula is C11H17NO3. The van der Waals surface area contributed by atoms with Gasteiger partial charge in [0.15, 0.2) is 6.10 Å². The van der Waals surface area contributed by atoms with Gasteiger partial charge in [0, 0.05) is 6.04 Å². The molecule has 0 bridgehead atoms. The van der Waals surface area contributed by atoms with E-state index in [9.17, 15) is 9.59 Å². The van der Waals surface area contributed by atoms with Gasteiger partial charge in [-0.05, 0) is 32.1 Å². The number of amides is 1. The summed E-state index contributed by atoms with van der Waals surface area (Å²) in [5.74, 6) is 0.0671.